The van der Waals surface area contributed by atoms with E-state index in [4.69, 9.17) is 4.74 Å². The highest BCUT2D eigenvalue weighted by Gasteiger charge is 2.82. The molecule has 0 amide bonds. The van der Waals surface area contributed by atoms with Crippen molar-refractivity contribution in [3.05, 3.63) is 0 Å². The SMILES string of the molecule is CC(C)C1(CO)CCC(C2CCC3(C)C4CCC5C(C)(C)C(O)CCC56CC46CCC23C)CO1. The minimum atomic E-state index is -0.312. The van der Waals surface area contributed by atoms with Crippen LogP contribution in [0.25, 0.3) is 0 Å². The standard InChI is InChI=1S/C31H52O3/c1-20(2)31(19-32)14-9-21(17-34-31)22-10-12-28(6)24-8-7-23-26(3,4)25(33)11-13-29(23)18-30(24,29)16-15-27(22,28)5/h20-25,32-33H,7-19H2,1-6H3. The van der Waals surface area contributed by atoms with Crippen molar-refractivity contribution in [3.8, 4) is 0 Å². The molecule has 2 spiro atoms. The lowest BCUT2D eigenvalue weighted by atomic mass is 9.41. The molecule has 1 heterocycles. The van der Waals surface area contributed by atoms with Gasteiger partial charge in [-0.05, 0) is 127 Å². The van der Waals surface area contributed by atoms with Crippen LogP contribution < -0.4 is 0 Å². The molecule has 5 aliphatic carbocycles. The summed E-state index contributed by atoms with van der Waals surface area (Å²) in [6.07, 6.45) is 14.2. The molecule has 1 saturated heterocycles. The second-order valence-electron chi connectivity index (χ2n) is 15.5. The molecule has 0 radical (unpaired) electrons. The molecule has 3 nitrogen and oxygen atoms in total. The smallest absolute Gasteiger partial charge is 0.0934 e. The first-order valence-electron chi connectivity index (χ1n) is 14.9. The van der Waals surface area contributed by atoms with Crippen molar-refractivity contribution in [1.82, 2.24) is 0 Å². The van der Waals surface area contributed by atoms with Gasteiger partial charge in [-0.15, -0.1) is 0 Å². The zero-order valence-corrected chi connectivity index (χ0v) is 23.0. The number of hydrogen-bond acceptors (Lipinski definition) is 3. The molecule has 10 atom stereocenters. The van der Waals surface area contributed by atoms with E-state index in [9.17, 15) is 10.2 Å². The lowest BCUT2D eigenvalue weighted by Crippen LogP contribution is -2.58. The molecule has 0 aromatic heterocycles. The molecule has 194 valence electrons. The van der Waals surface area contributed by atoms with E-state index in [1.54, 1.807) is 0 Å². The highest BCUT2D eigenvalue weighted by atomic mass is 16.5. The van der Waals surface area contributed by atoms with E-state index in [2.05, 4.69) is 41.5 Å². The molecule has 6 aliphatic rings. The fourth-order valence-electron chi connectivity index (χ4n) is 12.1. The van der Waals surface area contributed by atoms with Crippen molar-refractivity contribution >= 4 is 0 Å². The van der Waals surface area contributed by atoms with Gasteiger partial charge in [0.15, 0.2) is 0 Å². The van der Waals surface area contributed by atoms with Gasteiger partial charge >= 0.3 is 0 Å². The molecule has 0 aromatic carbocycles. The maximum Gasteiger partial charge on any atom is 0.0934 e. The number of aliphatic hydroxyl groups excluding tert-OH is 2. The predicted octanol–water partition coefficient (Wildman–Crippen LogP) is 6.60. The minimum absolute atomic E-state index is 0.0850. The molecule has 1 aliphatic heterocycles. The molecular weight excluding hydrogens is 420 g/mol. The van der Waals surface area contributed by atoms with Gasteiger partial charge in [0.25, 0.3) is 0 Å². The minimum Gasteiger partial charge on any atom is -0.393 e. The zero-order valence-electron chi connectivity index (χ0n) is 23.0. The summed E-state index contributed by atoms with van der Waals surface area (Å²) in [5, 5.41) is 21.0. The van der Waals surface area contributed by atoms with Crippen LogP contribution in [-0.2, 0) is 4.74 Å². The predicted molar refractivity (Wildman–Crippen MR) is 136 cm³/mol. The highest BCUT2D eigenvalue weighted by molar-refractivity contribution is 5.30. The van der Waals surface area contributed by atoms with Crippen LogP contribution >= 0.6 is 0 Å². The molecule has 34 heavy (non-hydrogen) atoms. The first kappa shape index (κ1) is 24.2. The Balaban J connectivity index is 1.25. The van der Waals surface area contributed by atoms with E-state index in [0.29, 0.717) is 33.5 Å². The van der Waals surface area contributed by atoms with Gasteiger partial charge in [0.1, 0.15) is 0 Å². The molecule has 10 unspecified atom stereocenters. The Labute approximate surface area is 208 Å². The third-order valence-corrected chi connectivity index (χ3v) is 14.6. The van der Waals surface area contributed by atoms with Gasteiger partial charge < -0.3 is 14.9 Å². The van der Waals surface area contributed by atoms with Gasteiger partial charge in [-0.3, -0.25) is 0 Å². The van der Waals surface area contributed by atoms with E-state index >= 15 is 0 Å². The number of fused-ring (bicyclic) bond motifs is 2. The van der Waals surface area contributed by atoms with Gasteiger partial charge in [-0.1, -0.05) is 41.5 Å². The Bertz CT molecular complexity index is 827. The Kier molecular flexibility index (Phi) is 5.17. The van der Waals surface area contributed by atoms with Crippen molar-refractivity contribution in [3.63, 3.8) is 0 Å². The van der Waals surface area contributed by atoms with E-state index in [-0.39, 0.29) is 23.7 Å². The van der Waals surface area contributed by atoms with Crippen LogP contribution in [0.3, 0.4) is 0 Å². The van der Waals surface area contributed by atoms with Gasteiger partial charge in [-0.25, -0.2) is 0 Å². The second-order valence-corrected chi connectivity index (χ2v) is 15.5. The van der Waals surface area contributed by atoms with Crippen LogP contribution in [-0.4, -0.2) is 35.1 Å². The summed E-state index contributed by atoms with van der Waals surface area (Å²) in [6.45, 7) is 15.6. The van der Waals surface area contributed by atoms with Crippen LogP contribution in [0, 0.1) is 56.7 Å². The van der Waals surface area contributed by atoms with Crippen molar-refractivity contribution in [1.29, 1.82) is 0 Å². The third kappa shape index (κ3) is 2.66. The lowest BCUT2D eigenvalue weighted by Gasteiger charge is -2.63. The first-order valence-corrected chi connectivity index (χ1v) is 14.9. The average molecular weight is 473 g/mol. The van der Waals surface area contributed by atoms with Crippen LogP contribution in [0.5, 0.6) is 0 Å². The monoisotopic (exact) mass is 472 g/mol. The summed E-state index contributed by atoms with van der Waals surface area (Å²) >= 11 is 0. The van der Waals surface area contributed by atoms with E-state index in [0.717, 1.165) is 37.2 Å². The van der Waals surface area contributed by atoms with Crippen molar-refractivity contribution < 1.29 is 14.9 Å². The van der Waals surface area contributed by atoms with Gasteiger partial charge in [0.05, 0.1) is 24.9 Å². The number of ether oxygens (including phenoxy) is 1. The summed E-state index contributed by atoms with van der Waals surface area (Å²) in [5.41, 5.74) is 1.76. The van der Waals surface area contributed by atoms with Crippen molar-refractivity contribution in [2.45, 2.75) is 124 Å². The maximum atomic E-state index is 10.9. The molecular formula is C31H52O3. The average Bonchev–Trinajstić information content (AvgIpc) is 3.39. The lowest BCUT2D eigenvalue weighted by molar-refractivity contribution is -0.183. The second kappa shape index (κ2) is 7.25. The van der Waals surface area contributed by atoms with Crippen LogP contribution in [0.1, 0.15) is 112 Å². The number of hydrogen-bond donors (Lipinski definition) is 2. The molecule has 2 N–H and O–H groups in total. The summed E-state index contributed by atoms with van der Waals surface area (Å²) in [6, 6.07) is 0. The summed E-state index contributed by atoms with van der Waals surface area (Å²) in [5.74, 6) is 3.41. The largest absolute Gasteiger partial charge is 0.393 e. The quantitative estimate of drug-likeness (QED) is 0.486. The number of aliphatic hydroxyl groups is 2. The zero-order chi connectivity index (χ0) is 24.4. The number of rotatable bonds is 3. The molecule has 5 saturated carbocycles. The van der Waals surface area contributed by atoms with Gasteiger partial charge in [0.2, 0.25) is 0 Å². The van der Waals surface area contributed by atoms with Crippen molar-refractivity contribution in [2.24, 2.45) is 56.7 Å². The van der Waals surface area contributed by atoms with Gasteiger partial charge in [0, 0.05) is 0 Å². The highest BCUT2D eigenvalue weighted by Crippen LogP contribution is 2.89. The maximum absolute atomic E-state index is 10.9. The van der Waals surface area contributed by atoms with E-state index < -0.39 is 0 Å². The molecule has 6 fully saturated rings. The summed E-state index contributed by atoms with van der Waals surface area (Å²) in [7, 11) is 0. The first-order chi connectivity index (χ1) is 15.9. The summed E-state index contributed by atoms with van der Waals surface area (Å²) < 4.78 is 6.52. The van der Waals surface area contributed by atoms with Crippen LogP contribution in [0.2, 0.25) is 0 Å². The third-order valence-electron chi connectivity index (χ3n) is 14.6. The van der Waals surface area contributed by atoms with E-state index in [1.165, 1.54) is 57.8 Å². The normalized spacial score (nSPS) is 58.0. The Morgan fingerprint density at radius 3 is 2.15 bits per heavy atom. The van der Waals surface area contributed by atoms with Crippen LogP contribution in [0.15, 0.2) is 0 Å². The summed E-state index contributed by atoms with van der Waals surface area (Å²) in [4.78, 5) is 0. The fourth-order valence-corrected chi connectivity index (χ4v) is 12.1. The molecule has 6 rings (SSSR count). The molecule has 0 bridgehead atoms. The Morgan fingerprint density at radius 2 is 1.50 bits per heavy atom. The Hall–Kier alpha value is -0.120. The molecule has 0 aromatic rings. The van der Waals surface area contributed by atoms with Gasteiger partial charge in [-0.2, -0.15) is 0 Å². The molecule has 3 heteroatoms. The Morgan fingerprint density at radius 1 is 0.794 bits per heavy atom. The van der Waals surface area contributed by atoms with Crippen LogP contribution in [0.4, 0.5) is 0 Å². The fraction of sp³-hybridized carbons (Fsp3) is 1.00. The topological polar surface area (TPSA) is 49.7 Å². The van der Waals surface area contributed by atoms with E-state index in [1.807, 2.05) is 0 Å². The van der Waals surface area contributed by atoms with Crippen molar-refractivity contribution in [2.75, 3.05) is 13.2 Å².